The van der Waals surface area contributed by atoms with E-state index in [4.69, 9.17) is 0 Å². The maximum Gasteiger partial charge on any atom is 0.522 e. The first kappa shape index (κ1) is 15.0. The van der Waals surface area contributed by atoms with Crippen LogP contribution in [0, 0.1) is 0 Å². The number of nitrogens with one attached hydrogen (secondary N) is 1. The molecule has 3 nitrogen and oxygen atoms in total. The lowest BCUT2D eigenvalue weighted by atomic mass is 10.1. The molecule has 0 spiro atoms. The van der Waals surface area contributed by atoms with Crippen molar-refractivity contribution in [2.75, 3.05) is 31.7 Å². The van der Waals surface area contributed by atoms with E-state index >= 15 is 0 Å². The quantitative estimate of drug-likeness (QED) is 0.664. The van der Waals surface area contributed by atoms with Crippen molar-refractivity contribution in [1.82, 2.24) is 5.32 Å². The maximum absolute atomic E-state index is 11.5. The summed E-state index contributed by atoms with van der Waals surface area (Å²) in [5, 5.41) is 12.3. The Balaban J connectivity index is 3.46. The topological polar surface area (TPSA) is 41.5 Å². The van der Waals surface area contributed by atoms with Gasteiger partial charge in [0.2, 0.25) is 0 Å². The molecular formula is C8H16F3NO2S. The molecule has 0 rings (SSSR count). The van der Waals surface area contributed by atoms with E-state index in [1.165, 1.54) is 11.8 Å². The van der Waals surface area contributed by atoms with Gasteiger partial charge in [0.1, 0.15) is 0 Å². The van der Waals surface area contributed by atoms with Gasteiger partial charge < -0.3 is 10.4 Å². The Morgan fingerprint density at radius 3 is 2.47 bits per heavy atom. The molecule has 15 heavy (non-hydrogen) atoms. The average Bonchev–Trinajstić information content (AvgIpc) is 2.00. The normalized spacial score (nSPS) is 16.4. The summed E-state index contributed by atoms with van der Waals surface area (Å²) in [6.07, 6.45) is -2.73. The zero-order valence-electron chi connectivity index (χ0n) is 8.73. The number of hydrogen-bond acceptors (Lipinski definition) is 4. The number of rotatable bonds is 7. The molecule has 0 amide bonds. The summed E-state index contributed by atoms with van der Waals surface area (Å²) < 4.78 is 38.2. The Hall–Kier alpha value is 0.0200. The standard InChI is InChI=1S/C8H16F3NO2S/c1-7(13,6-15-2)5-12-3-4-14-8(9,10)11/h12-13H,3-6H2,1-2H3. The Kier molecular flexibility index (Phi) is 6.58. The lowest BCUT2D eigenvalue weighted by Gasteiger charge is -2.22. The van der Waals surface area contributed by atoms with Crippen molar-refractivity contribution in [3.63, 3.8) is 0 Å². The fourth-order valence-corrected chi connectivity index (χ4v) is 1.68. The van der Waals surface area contributed by atoms with Gasteiger partial charge in [-0.1, -0.05) is 0 Å². The van der Waals surface area contributed by atoms with Crippen LogP contribution >= 0.6 is 11.8 Å². The van der Waals surface area contributed by atoms with Crippen LogP contribution in [0.4, 0.5) is 13.2 Å². The number of hydrogen-bond donors (Lipinski definition) is 2. The molecule has 7 heteroatoms. The van der Waals surface area contributed by atoms with Crippen molar-refractivity contribution in [2.24, 2.45) is 0 Å². The molecular weight excluding hydrogens is 231 g/mol. The number of alkyl halides is 3. The number of thioether (sulfide) groups is 1. The Bertz CT molecular complexity index is 176. The van der Waals surface area contributed by atoms with Crippen molar-refractivity contribution < 1.29 is 23.0 Å². The fourth-order valence-electron chi connectivity index (χ4n) is 0.959. The van der Waals surface area contributed by atoms with Gasteiger partial charge in [0.15, 0.2) is 0 Å². The van der Waals surface area contributed by atoms with Crippen LogP contribution in [0.1, 0.15) is 6.92 Å². The zero-order valence-corrected chi connectivity index (χ0v) is 9.54. The van der Waals surface area contributed by atoms with Gasteiger partial charge in [0, 0.05) is 18.8 Å². The van der Waals surface area contributed by atoms with E-state index in [9.17, 15) is 18.3 Å². The summed E-state index contributed by atoms with van der Waals surface area (Å²) in [5.74, 6) is 0.528. The lowest BCUT2D eigenvalue weighted by Crippen LogP contribution is -2.41. The molecule has 0 aromatic carbocycles. The van der Waals surface area contributed by atoms with E-state index in [-0.39, 0.29) is 13.1 Å². The highest BCUT2D eigenvalue weighted by Crippen LogP contribution is 2.15. The summed E-state index contributed by atoms with van der Waals surface area (Å²) in [6, 6.07) is 0. The van der Waals surface area contributed by atoms with E-state index in [0.29, 0.717) is 5.75 Å². The minimum Gasteiger partial charge on any atom is -0.388 e. The largest absolute Gasteiger partial charge is 0.522 e. The van der Waals surface area contributed by atoms with Crippen LogP contribution in [0.2, 0.25) is 0 Å². The minimum absolute atomic E-state index is 0.0596. The first-order valence-electron chi connectivity index (χ1n) is 4.39. The van der Waals surface area contributed by atoms with Crippen molar-refractivity contribution in [3.05, 3.63) is 0 Å². The number of ether oxygens (including phenoxy) is 1. The lowest BCUT2D eigenvalue weighted by molar-refractivity contribution is -0.323. The highest BCUT2D eigenvalue weighted by atomic mass is 32.2. The van der Waals surface area contributed by atoms with Gasteiger partial charge in [-0.2, -0.15) is 11.8 Å². The third-order valence-corrected chi connectivity index (χ3v) is 2.42. The van der Waals surface area contributed by atoms with Gasteiger partial charge in [-0.05, 0) is 13.2 Å². The summed E-state index contributed by atoms with van der Waals surface area (Å²) in [7, 11) is 0. The second kappa shape index (κ2) is 6.57. The molecule has 0 aliphatic carbocycles. The second-order valence-corrected chi connectivity index (χ2v) is 4.27. The monoisotopic (exact) mass is 247 g/mol. The van der Waals surface area contributed by atoms with Crippen LogP contribution in [0.3, 0.4) is 0 Å². The van der Waals surface area contributed by atoms with Gasteiger partial charge in [-0.25, -0.2) is 0 Å². The van der Waals surface area contributed by atoms with Gasteiger partial charge in [-0.15, -0.1) is 13.2 Å². The van der Waals surface area contributed by atoms with Gasteiger partial charge in [0.05, 0.1) is 12.2 Å². The van der Waals surface area contributed by atoms with Crippen LogP contribution in [0.25, 0.3) is 0 Å². The third kappa shape index (κ3) is 10.3. The van der Waals surface area contributed by atoms with Crippen molar-refractivity contribution >= 4 is 11.8 Å². The highest BCUT2D eigenvalue weighted by Gasteiger charge is 2.28. The van der Waals surface area contributed by atoms with Crippen LogP contribution in [-0.4, -0.2) is 48.8 Å². The van der Waals surface area contributed by atoms with Gasteiger partial charge >= 0.3 is 6.36 Å². The van der Waals surface area contributed by atoms with E-state index < -0.39 is 18.6 Å². The smallest absolute Gasteiger partial charge is 0.388 e. The van der Waals surface area contributed by atoms with E-state index in [2.05, 4.69) is 10.1 Å². The molecule has 2 N–H and O–H groups in total. The predicted octanol–water partition coefficient (Wildman–Crippen LogP) is 1.23. The molecule has 1 atom stereocenters. The summed E-state index contributed by atoms with van der Waals surface area (Å²) in [5.41, 5.74) is -0.905. The number of aliphatic hydroxyl groups is 1. The molecule has 0 aromatic heterocycles. The summed E-state index contributed by atoms with van der Waals surface area (Å²) in [6.45, 7) is 1.49. The maximum atomic E-state index is 11.5. The fraction of sp³-hybridized carbons (Fsp3) is 1.00. The Morgan fingerprint density at radius 1 is 1.40 bits per heavy atom. The van der Waals surface area contributed by atoms with Crippen LogP contribution in [-0.2, 0) is 4.74 Å². The predicted molar refractivity (Wildman–Crippen MR) is 53.9 cm³/mol. The average molecular weight is 247 g/mol. The molecule has 92 valence electrons. The highest BCUT2D eigenvalue weighted by molar-refractivity contribution is 7.98. The molecule has 0 aliphatic rings. The van der Waals surface area contributed by atoms with Crippen molar-refractivity contribution in [3.8, 4) is 0 Å². The number of halogens is 3. The molecule has 0 saturated carbocycles. The Morgan fingerprint density at radius 2 is 2.00 bits per heavy atom. The van der Waals surface area contributed by atoms with Crippen LogP contribution in [0.15, 0.2) is 0 Å². The van der Waals surface area contributed by atoms with Crippen LogP contribution < -0.4 is 5.32 Å². The van der Waals surface area contributed by atoms with Gasteiger partial charge in [0.25, 0.3) is 0 Å². The molecule has 1 unspecified atom stereocenters. The molecule has 0 radical (unpaired) electrons. The minimum atomic E-state index is -4.58. The third-order valence-electron chi connectivity index (χ3n) is 1.51. The SMILES string of the molecule is CSCC(C)(O)CNCCOC(F)(F)F. The van der Waals surface area contributed by atoms with Crippen LogP contribution in [0.5, 0.6) is 0 Å². The summed E-state index contributed by atoms with van der Waals surface area (Å²) >= 11 is 1.48. The molecule has 0 saturated heterocycles. The van der Waals surface area contributed by atoms with E-state index in [1.807, 2.05) is 6.26 Å². The summed E-state index contributed by atoms with van der Waals surface area (Å²) in [4.78, 5) is 0. The first-order valence-corrected chi connectivity index (χ1v) is 5.79. The molecule has 0 bridgehead atoms. The van der Waals surface area contributed by atoms with E-state index in [0.717, 1.165) is 0 Å². The zero-order chi connectivity index (χ0) is 11.9. The molecule has 0 heterocycles. The molecule has 0 aliphatic heterocycles. The van der Waals surface area contributed by atoms with Crippen molar-refractivity contribution in [2.45, 2.75) is 18.9 Å². The molecule has 0 fully saturated rings. The second-order valence-electron chi connectivity index (χ2n) is 3.40. The Labute approximate surface area is 91.4 Å². The van der Waals surface area contributed by atoms with Gasteiger partial charge in [-0.3, -0.25) is 4.74 Å². The first-order chi connectivity index (χ1) is 6.77. The van der Waals surface area contributed by atoms with E-state index in [1.54, 1.807) is 6.92 Å². The van der Waals surface area contributed by atoms with Crippen molar-refractivity contribution in [1.29, 1.82) is 0 Å². The molecule has 0 aromatic rings.